The summed E-state index contributed by atoms with van der Waals surface area (Å²) >= 11 is 5.92. The average Bonchev–Trinajstić information content (AvgIpc) is 2.71. The number of rotatable bonds is 9. The molecule has 0 saturated carbocycles. The Kier molecular flexibility index (Phi) is 9.27. The van der Waals surface area contributed by atoms with E-state index in [-0.39, 0.29) is 24.2 Å². The van der Waals surface area contributed by atoms with Gasteiger partial charge in [-0.3, -0.25) is 14.4 Å². The number of nitrogens with one attached hydrogen (secondary N) is 2. The highest BCUT2D eigenvalue weighted by Crippen LogP contribution is 2.32. The second-order valence-corrected chi connectivity index (χ2v) is 8.77. The van der Waals surface area contributed by atoms with Crippen molar-refractivity contribution in [2.75, 3.05) is 11.9 Å². The summed E-state index contributed by atoms with van der Waals surface area (Å²) in [5.41, 5.74) is 3.56. The third-order valence-corrected chi connectivity index (χ3v) is 5.27. The molecule has 7 heteroatoms. The number of anilines is 1. The van der Waals surface area contributed by atoms with Crippen molar-refractivity contribution < 1.29 is 19.1 Å². The molecule has 1 atom stereocenters. The minimum Gasteiger partial charge on any atom is -0.455 e. The molecule has 6 nitrogen and oxygen atoms in total. The topological polar surface area (TPSA) is 84.5 Å². The highest BCUT2D eigenvalue weighted by atomic mass is 35.5. The van der Waals surface area contributed by atoms with Gasteiger partial charge in [-0.25, -0.2) is 0 Å². The summed E-state index contributed by atoms with van der Waals surface area (Å²) in [5, 5.41) is 6.20. The number of para-hydroxylation sites is 1. The van der Waals surface area contributed by atoms with E-state index in [1.54, 1.807) is 24.3 Å². The van der Waals surface area contributed by atoms with E-state index < -0.39 is 24.5 Å². The Morgan fingerprint density at radius 2 is 1.50 bits per heavy atom. The Morgan fingerprint density at radius 1 is 0.938 bits per heavy atom. The first-order valence-electron chi connectivity index (χ1n) is 10.7. The third kappa shape index (κ3) is 7.38. The SMILES string of the molecule is CC(=O)NC(CC(=O)OCC(=O)Nc1c(C(C)C)cccc1C(C)C)c1ccc(Cl)cc1. The first-order valence-corrected chi connectivity index (χ1v) is 11.1. The number of esters is 1. The maximum Gasteiger partial charge on any atom is 0.308 e. The molecule has 2 N–H and O–H groups in total. The van der Waals surface area contributed by atoms with Crippen molar-refractivity contribution >= 4 is 35.1 Å². The lowest BCUT2D eigenvalue weighted by atomic mass is 9.92. The summed E-state index contributed by atoms with van der Waals surface area (Å²) in [6, 6.07) is 12.2. The first-order chi connectivity index (χ1) is 15.1. The molecule has 2 amide bonds. The fourth-order valence-corrected chi connectivity index (χ4v) is 3.56. The molecule has 2 aromatic rings. The molecular weight excluding hydrogens is 428 g/mol. The van der Waals surface area contributed by atoms with Crippen molar-refractivity contribution in [1.29, 1.82) is 0 Å². The zero-order chi connectivity index (χ0) is 23.8. The molecule has 2 aromatic carbocycles. The minimum absolute atomic E-state index is 0.103. The van der Waals surface area contributed by atoms with E-state index in [1.165, 1.54) is 6.92 Å². The Bertz CT molecular complexity index is 929. The zero-order valence-electron chi connectivity index (χ0n) is 19.2. The fourth-order valence-electron chi connectivity index (χ4n) is 3.44. The van der Waals surface area contributed by atoms with Crippen molar-refractivity contribution in [2.45, 2.75) is 58.9 Å². The Labute approximate surface area is 194 Å². The van der Waals surface area contributed by atoms with Crippen molar-refractivity contribution in [3.05, 3.63) is 64.2 Å². The molecule has 0 aliphatic heterocycles. The number of halogens is 1. The number of hydrogen-bond acceptors (Lipinski definition) is 4. The van der Waals surface area contributed by atoms with Crippen molar-refractivity contribution in [2.24, 2.45) is 0 Å². The molecule has 0 bridgehead atoms. The molecule has 0 radical (unpaired) electrons. The maximum absolute atomic E-state index is 12.6. The van der Waals surface area contributed by atoms with E-state index in [2.05, 4.69) is 38.3 Å². The summed E-state index contributed by atoms with van der Waals surface area (Å²) in [7, 11) is 0. The van der Waals surface area contributed by atoms with E-state index in [9.17, 15) is 14.4 Å². The summed E-state index contributed by atoms with van der Waals surface area (Å²) < 4.78 is 5.21. The van der Waals surface area contributed by atoms with E-state index in [0.717, 1.165) is 22.4 Å². The largest absolute Gasteiger partial charge is 0.455 e. The molecule has 0 saturated heterocycles. The summed E-state index contributed by atoms with van der Waals surface area (Å²) in [6.45, 7) is 9.22. The van der Waals surface area contributed by atoms with Crippen LogP contribution in [0.5, 0.6) is 0 Å². The van der Waals surface area contributed by atoms with Crippen molar-refractivity contribution in [1.82, 2.24) is 5.32 Å². The van der Waals surface area contributed by atoms with Gasteiger partial charge < -0.3 is 15.4 Å². The summed E-state index contributed by atoms with van der Waals surface area (Å²) in [5.74, 6) is -0.818. The third-order valence-electron chi connectivity index (χ3n) is 5.02. The molecule has 0 aliphatic carbocycles. The van der Waals surface area contributed by atoms with Crippen LogP contribution >= 0.6 is 11.6 Å². The standard InChI is InChI=1S/C25H31ClN2O4/c1-15(2)20-7-6-8-21(16(3)4)25(20)28-23(30)14-32-24(31)13-22(27-17(5)29)18-9-11-19(26)12-10-18/h6-12,15-16,22H,13-14H2,1-5H3,(H,27,29)(H,28,30). The van der Waals surface area contributed by atoms with E-state index >= 15 is 0 Å². The van der Waals surface area contributed by atoms with Crippen LogP contribution in [0.3, 0.4) is 0 Å². The predicted octanol–water partition coefficient (Wildman–Crippen LogP) is 5.34. The highest BCUT2D eigenvalue weighted by Gasteiger charge is 2.20. The number of benzene rings is 2. The number of amides is 2. The van der Waals surface area contributed by atoms with Crippen molar-refractivity contribution in [3.63, 3.8) is 0 Å². The lowest BCUT2D eigenvalue weighted by Crippen LogP contribution is -2.29. The van der Waals surface area contributed by atoms with Gasteiger partial charge in [-0.15, -0.1) is 0 Å². The number of carbonyl (C=O) groups excluding carboxylic acids is 3. The predicted molar refractivity (Wildman–Crippen MR) is 127 cm³/mol. The molecular formula is C25H31ClN2O4. The van der Waals surface area contributed by atoms with Gasteiger partial charge in [0.1, 0.15) is 0 Å². The van der Waals surface area contributed by atoms with Gasteiger partial charge in [0.25, 0.3) is 5.91 Å². The molecule has 0 heterocycles. The van der Waals surface area contributed by atoms with Crippen LogP contribution in [0.4, 0.5) is 5.69 Å². The van der Waals surface area contributed by atoms with Gasteiger partial charge in [-0.05, 0) is 40.7 Å². The minimum atomic E-state index is -0.588. The smallest absolute Gasteiger partial charge is 0.308 e. The molecule has 0 spiro atoms. The number of hydrogen-bond donors (Lipinski definition) is 2. The maximum atomic E-state index is 12.6. The molecule has 1 unspecified atom stereocenters. The number of ether oxygens (including phenoxy) is 1. The monoisotopic (exact) mass is 458 g/mol. The summed E-state index contributed by atoms with van der Waals surface area (Å²) in [6.07, 6.45) is -0.103. The fraction of sp³-hybridized carbons (Fsp3) is 0.400. The van der Waals surface area contributed by atoms with Gasteiger partial charge in [-0.2, -0.15) is 0 Å². The zero-order valence-corrected chi connectivity index (χ0v) is 20.0. The normalized spacial score (nSPS) is 11.9. The van der Waals surface area contributed by atoms with Crippen LogP contribution in [-0.4, -0.2) is 24.4 Å². The van der Waals surface area contributed by atoms with Crippen LogP contribution in [-0.2, 0) is 19.1 Å². The average molecular weight is 459 g/mol. The Balaban J connectivity index is 2.04. The molecule has 172 valence electrons. The van der Waals surface area contributed by atoms with Crippen LogP contribution in [0, 0.1) is 0 Å². The van der Waals surface area contributed by atoms with Crippen LogP contribution in [0.25, 0.3) is 0 Å². The highest BCUT2D eigenvalue weighted by molar-refractivity contribution is 6.30. The van der Waals surface area contributed by atoms with Gasteiger partial charge in [-0.1, -0.05) is 69.6 Å². The van der Waals surface area contributed by atoms with Crippen molar-refractivity contribution in [3.8, 4) is 0 Å². The Morgan fingerprint density at radius 3 is 2.00 bits per heavy atom. The van der Waals surface area contributed by atoms with Crippen LogP contribution in [0.1, 0.15) is 75.6 Å². The molecule has 2 rings (SSSR count). The van der Waals surface area contributed by atoms with Crippen LogP contribution in [0.15, 0.2) is 42.5 Å². The van der Waals surface area contributed by atoms with Crippen LogP contribution < -0.4 is 10.6 Å². The second-order valence-electron chi connectivity index (χ2n) is 8.34. The van der Waals surface area contributed by atoms with Gasteiger partial charge in [0.05, 0.1) is 12.5 Å². The number of carbonyl (C=O) groups is 3. The molecule has 0 fully saturated rings. The first kappa shape index (κ1) is 25.4. The van der Waals surface area contributed by atoms with Gasteiger partial charge in [0.2, 0.25) is 5.91 Å². The second kappa shape index (κ2) is 11.7. The Hall–Kier alpha value is -2.86. The summed E-state index contributed by atoms with van der Waals surface area (Å²) in [4.78, 5) is 36.5. The van der Waals surface area contributed by atoms with Gasteiger partial charge in [0, 0.05) is 17.6 Å². The van der Waals surface area contributed by atoms with E-state index in [4.69, 9.17) is 16.3 Å². The molecule has 0 aromatic heterocycles. The lowest BCUT2D eigenvalue weighted by Gasteiger charge is -2.20. The van der Waals surface area contributed by atoms with Crippen LogP contribution in [0.2, 0.25) is 5.02 Å². The van der Waals surface area contributed by atoms with Gasteiger partial charge in [0.15, 0.2) is 6.61 Å². The molecule has 32 heavy (non-hydrogen) atoms. The van der Waals surface area contributed by atoms with E-state index in [0.29, 0.717) is 5.02 Å². The molecule has 0 aliphatic rings. The lowest BCUT2D eigenvalue weighted by molar-refractivity contribution is -0.148. The van der Waals surface area contributed by atoms with E-state index in [1.807, 2.05) is 18.2 Å². The van der Waals surface area contributed by atoms with Gasteiger partial charge >= 0.3 is 5.97 Å². The quantitative estimate of drug-likeness (QED) is 0.497.